The van der Waals surface area contributed by atoms with Gasteiger partial charge in [0.05, 0.1) is 17.7 Å². The Bertz CT molecular complexity index is 742. The highest BCUT2D eigenvalue weighted by molar-refractivity contribution is 7.89. The summed E-state index contributed by atoms with van der Waals surface area (Å²) >= 11 is 0. The van der Waals surface area contributed by atoms with Crippen LogP contribution < -0.4 is 16.0 Å². The van der Waals surface area contributed by atoms with E-state index in [4.69, 9.17) is 10.3 Å². The Hall–Kier alpha value is -2.43. The summed E-state index contributed by atoms with van der Waals surface area (Å²) in [5.74, 6) is 5.55. The number of hydrogen-bond donors (Lipinski definition) is 3. The lowest BCUT2D eigenvalue weighted by atomic mass is 10.3. The summed E-state index contributed by atoms with van der Waals surface area (Å²) in [5, 5.41) is 11.1. The highest BCUT2D eigenvalue weighted by Crippen LogP contribution is 2.31. The minimum atomic E-state index is -4.09. The van der Waals surface area contributed by atoms with Crippen LogP contribution >= 0.6 is 0 Å². The van der Waals surface area contributed by atoms with Gasteiger partial charge in [0.2, 0.25) is 10.0 Å². The number of hydrazine groups is 1. The Balaban J connectivity index is 2.37. The molecule has 0 bridgehead atoms. The summed E-state index contributed by atoms with van der Waals surface area (Å²) in [6, 6.07) is 6.97. The van der Waals surface area contributed by atoms with Crippen LogP contribution in [0.5, 0.6) is 0 Å². The number of nitrogen functional groups attached to an aromatic ring is 1. The van der Waals surface area contributed by atoms with Crippen LogP contribution in [0.3, 0.4) is 0 Å². The number of rotatable bonds is 6. The van der Waals surface area contributed by atoms with Gasteiger partial charge in [0.25, 0.3) is 0 Å². The highest BCUT2D eigenvalue weighted by atomic mass is 32.2. The Morgan fingerprint density at radius 1 is 1.29 bits per heavy atom. The summed E-state index contributed by atoms with van der Waals surface area (Å²) in [5.41, 5.74) is 1.39. The number of hydrogen-bond acceptors (Lipinski definition) is 7. The summed E-state index contributed by atoms with van der Waals surface area (Å²) < 4.78 is 31.6. The van der Waals surface area contributed by atoms with E-state index in [0.29, 0.717) is 5.76 Å². The van der Waals surface area contributed by atoms with E-state index in [1.165, 1.54) is 18.4 Å². The number of benzene rings is 1. The number of nitro benzene ring substituents is 1. The van der Waals surface area contributed by atoms with Crippen molar-refractivity contribution in [2.75, 3.05) is 5.43 Å². The first kappa shape index (κ1) is 15.0. The number of sulfonamides is 1. The SMILES string of the molecule is NNc1cccc(S(=O)(=O)NCc2ccco2)c1[N+](=O)[O-]. The molecule has 2 rings (SSSR count). The minimum Gasteiger partial charge on any atom is -0.468 e. The molecular weight excluding hydrogens is 300 g/mol. The van der Waals surface area contributed by atoms with Gasteiger partial charge in [0.1, 0.15) is 11.4 Å². The van der Waals surface area contributed by atoms with Gasteiger partial charge in [-0.1, -0.05) is 6.07 Å². The smallest absolute Gasteiger partial charge is 0.313 e. The number of anilines is 1. The Morgan fingerprint density at radius 2 is 2.05 bits per heavy atom. The van der Waals surface area contributed by atoms with Gasteiger partial charge in [0.15, 0.2) is 4.90 Å². The van der Waals surface area contributed by atoms with Crippen molar-refractivity contribution >= 4 is 21.4 Å². The quantitative estimate of drug-likeness (QED) is 0.409. The van der Waals surface area contributed by atoms with Crippen molar-refractivity contribution in [1.82, 2.24) is 4.72 Å². The van der Waals surface area contributed by atoms with E-state index in [-0.39, 0.29) is 12.2 Å². The molecule has 4 N–H and O–H groups in total. The topological polar surface area (TPSA) is 140 Å². The molecule has 0 saturated heterocycles. The fourth-order valence-electron chi connectivity index (χ4n) is 1.70. The number of nitro groups is 1. The third kappa shape index (κ3) is 3.18. The van der Waals surface area contributed by atoms with Gasteiger partial charge in [-0.3, -0.25) is 16.0 Å². The minimum absolute atomic E-state index is 0.0964. The van der Waals surface area contributed by atoms with Crippen molar-refractivity contribution in [2.24, 2.45) is 5.84 Å². The van der Waals surface area contributed by atoms with Gasteiger partial charge >= 0.3 is 5.69 Å². The first-order chi connectivity index (χ1) is 9.95. The van der Waals surface area contributed by atoms with Crippen molar-refractivity contribution in [3.63, 3.8) is 0 Å². The maximum atomic E-state index is 12.2. The van der Waals surface area contributed by atoms with E-state index < -0.39 is 25.5 Å². The van der Waals surface area contributed by atoms with E-state index in [2.05, 4.69) is 10.1 Å². The lowest BCUT2D eigenvalue weighted by Gasteiger charge is -2.08. The first-order valence-corrected chi connectivity index (χ1v) is 7.20. The normalized spacial score (nSPS) is 11.3. The zero-order valence-electron chi connectivity index (χ0n) is 10.6. The van der Waals surface area contributed by atoms with E-state index in [0.717, 1.165) is 6.07 Å². The molecule has 9 nitrogen and oxygen atoms in total. The largest absolute Gasteiger partial charge is 0.468 e. The number of nitrogens with two attached hydrogens (primary N) is 1. The molecule has 0 aliphatic rings. The zero-order chi connectivity index (χ0) is 15.5. The van der Waals surface area contributed by atoms with Crippen LogP contribution in [0.2, 0.25) is 0 Å². The molecule has 0 unspecified atom stereocenters. The Labute approximate surface area is 119 Å². The van der Waals surface area contributed by atoms with Gasteiger partial charge in [-0.05, 0) is 24.3 Å². The van der Waals surface area contributed by atoms with Crippen molar-refractivity contribution in [1.29, 1.82) is 0 Å². The molecule has 0 spiro atoms. The van der Waals surface area contributed by atoms with Gasteiger partial charge in [-0.2, -0.15) is 0 Å². The average Bonchev–Trinajstić information content (AvgIpc) is 2.97. The average molecular weight is 312 g/mol. The molecular formula is C11H12N4O5S. The Morgan fingerprint density at radius 3 is 2.62 bits per heavy atom. The summed E-state index contributed by atoms with van der Waals surface area (Å²) in [7, 11) is -4.09. The van der Waals surface area contributed by atoms with Crippen molar-refractivity contribution in [3.05, 3.63) is 52.5 Å². The molecule has 21 heavy (non-hydrogen) atoms. The van der Waals surface area contributed by atoms with Crippen LogP contribution in [0.15, 0.2) is 45.9 Å². The summed E-state index contributed by atoms with van der Waals surface area (Å²) in [4.78, 5) is 9.79. The van der Waals surface area contributed by atoms with Crippen molar-refractivity contribution in [2.45, 2.75) is 11.4 Å². The molecule has 0 radical (unpaired) electrons. The van der Waals surface area contributed by atoms with Gasteiger partial charge < -0.3 is 9.84 Å². The van der Waals surface area contributed by atoms with Crippen LogP contribution in [0.1, 0.15) is 5.76 Å². The van der Waals surface area contributed by atoms with Crippen molar-refractivity contribution < 1.29 is 17.8 Å². The molecule has 0 fully saturated rings. The third-order valence-electron chi connectivity index (χ3n) is 2.64. The van der Waals surface area contributed by atoms with Crippen molar-refractivity contribution in [3.8, 4) is 0 Å². The van der Waals surface area contributed by atoms with E-state index >= 15 is 0 Å². The standard InChI is InChI=1S/C11H12N4O5S/c12-14-9-4-1-5-10(11(9)15(16)17)21(18,19)13-7-8-3-2-6-20-8/h1-6,13-14H,7,12H2. The summed E-state index contributed by atoms with van der Waals surface area (Å²) in [6.45, 7) is -0.118. The second-order valence-corrected chi connectivity index (χ2v) is 5.69. The molecule has 0 aliphatic heterocycles. The highest BCUT2D eigenvalue weighted by Gasteiger charge is 2.28. The molecule has 1 heterocycles. The number of nitrogens with zero attached hydrogens (tertiary/aromatic N) is 1. The molecule has 112 valence electrons. The van der Waals surface area contributed by atoms with Crippen LogP contribution in [0.4, 0.5) is 11.4 Å². The van der Waals surface area contributed by atoms with Crippen LogP contribution in [-0.2, 0) is 16.6 Å². The molecule has 0 amide bonds. The second kappa shape index (κ2) is 5.91. The number of furan rings is 1. The predicted molar refractivity (Wildman–Crippen MR) is 73.6 cm³/mol. The fourth-order valence-corrected chi connectivity index (χ4v) is 2.89. The maximum absolute atomic E-state index is 12.2. The van der Waals surface area contributed by atoms with Crippen LogP contribution in [-0.4, -0.2) is 13.3 Å². The van der Waals surface area contributed by atoms with E-state index in [1.807, 2.05) is 0 Å². The monoisotopic (exact) mass is 312 g/mol. The third-order valence-corrected chi connectivity index (χ3v) is 4.08. The van der Waals surface area contributed by atoms with Gasteiger partial charge in [-0.25, -0.2) is 13.1 Å². The van der Waals surface area contributed by atoms with Gasteiger partial charge in [-0.15, -0.1) is 0 Å². The van der Waals surface area contributed by atoms with Crippen LogP contribution in [0.25, 0.3) is 0 Å². The maximum Gasteiger partial charge on any atom is 0.313 e. The molecule has 0 saturated carbocycles. The first-order valence-electron chi connectivity index (χ1n) is 5.72. The van der Waals surface area contributed by atoms with E-state index in [9.17, 15) is 18.5 Å². The second-order valence-electron chi connectivity index (χ2n) is 3.96. The predicted octanol–water partition coefficient (Wildman–Crippen LogP) is 0.952. The van der Waals surface area contributed by atoms with Gasteiger partial charge in [0, 0.05) is 0 Å². The molecule has 0 atom stereocenters. The number of para-hydroxylation sites is 1. The lowest BCUT2D eigenvalue weighted by molar-refractivity contribution is -0.386. The molecule has 10 heteroatoms. The zero-order valence-corrected chi connectivity index (χ0v) is 11.5. The molecule has 2 aromatic rings. The van der Waals surface area contributed by atoms with E-state index in [1.54, 1.807) is 12.1 Å². The summed E-state index contributed by atoms with van der Waals surface area (Å²) in [6.07, 6.45) is 1.39. The lowest BCUT2D eigenvalue weighted by Crippen LogP contribution is -2.24. The molecule has 1 aromatic heterocycles. The fraction of sp³-hybridized carbons (Fsp3) is 0.0909. The molecule has 1 aromatic carbocycles. The van der Waals surface area contributed by atoms with Crippen LogP contribution in [0, 0.1) is 10.1 Å². The Kier molecular flexibility index (Phi) is 4.21. The molecule has 0 aliphatic carbocycles. The number of nitrogens with one attached hydrogen (secondary N) is 2.